The van der Waals surface area contributed by atoms with Crippen LogP contribution in [0.5, 0.6) is 0 Å². The Bertz CT molecular complexity index is 1160. The number of nitro benzene ring substituents is 1. The van der Waals surface area contributed by atoms with Gasteiger partial charge in [0.05, 0.1) is 14.7 Å². The van der Waals surface area contributed by atoms with Gasteiger partial charge in [-0.15, -0.1) is 0 Å². The molecular weight excluding hydrogens is 432 g/mol. The Hall–Kier alpha value is -2.99. The normalized spacial score (nSPS) is 15.0. The third-order valence-corrected chi connectivity index (χ3v) is 7.20. The van der Waals surface area contributed by atoms with Crippen LogP contribution in [-0.4, -0.2) is 34.1 Å². The summed E-state index contributed by atoms with van der Waals surface area (Å²) in [6.07, 6.45) is 3.35. The van der Waals surface area contributed by atoms with Gasteiger partial charge in [-0.05, 0) is 49.2 Å². The molecule has 0 aromatic heterocycles. The molecule has 1 heterocycles. The van der Waals surface area contributed by atoms with Gasteiger partial charge in [0.1, 0.15) is 5.84 Å². The Balaban J connectivity index is 1.73. The average Bonchev–Trinajstić information content (AvgIpc) is 2.96. The minimum absolute atomic E-state index is 0.0206. The van der Waals surface area contributed by atoms with E-state index >= 15 is 0 Å². The highest BCUT2D eigenvalue weighted by atomic mass is 32.2. The van der Waals surface area contributed by atoms with E-state index in [1.54, 1.807) is 0 Å². The van der Waals surface area contributed by atoms with Crippen LogP contribution in [0.15, 0.2) is 63.3 Å². The topological polar surface area (TPSA) is 148 Å². The van der Waals surface area contributed by atoms with Gasteiger partial charge in [0.25, 0.3) is 25.7 Å². The van der Waals surface area contributed by atoms with Gasteiger partial charge in [-0.25, -0.2) is 16.8 Å². The summed E-state index contributed by atoms with van der Waals surface area (Å²) in [5.41, 5.74) is -0.0756. The second kappa shape index (κ2) is 8.79. The number of amidine groups is 1. The van der Waals surface area contributed by atoms with Crippen LogP contribution >= 0.6 is 0 Å². The van der Waals surface area contributed by atoms with Crippen molar-refractivity contribution in [1.82, 2.24) is 4.72 Å². The number of nitrogens with one attached hydrogen (secondary N) is 2. The SMILES string of the molecule is O=[N+]([O-])c1ccc(S(=O)(=O)Nc2ccc(S(=O)(=O)NC3=NCCCCC3)cc2)cc1. The smallest absolute Gasteiger partial charge is 0.269 e. The molecule has 0 spiro atoms. The fraction of sp³-hybridized carbons (Fsp3) is 0.278. The van der Waals surface area contributed by atoms with Crippen molar-refractivity contribution in [1.29, 1.82) is 0 Å². The fourth-order valence-electron chi connectivity index (χ4n) is 2.83. The maximum atomic E-state index is 12.5. The minimum Gasteiger partial charge on any atom is -0.280 e. The summed E-state index contributed by atoms with van der Waals surface area (Å²) >= 11 is 0. The number of aliphatic imine (C=N–C) groups is 1. The van der Waals surface area contributed by atoms with Crippen molar-refractivity contribution in [3.63, 3.8) is 0 Å². The Morgan fingerprint density at radius 1 is 0.800 bits per heavy atom. The minimum atomic E-state index is -3.99. The van der Waals surface area contributed by atoms with Crippen molar-refractivity contribution in [2.45, 2.75) is 35.5 Å². The van der Waals surface area contributed by atoms with Gasteiger partial charge < -0.3 is 0 Å². The molecule has 1 aliphatic rings. The van der Waals surface area contributed by atoms with E-state index in [9.17, 15) is 26.9 Å². The van der Waals surface area contributed by atoms with Crippen LogP contribution in [0.1, 0.15) is 25.7 Å². The van der Waals surface area contributed by atoms with Gasteiger partial charge in [-0.3, -0.25) is 24.6 Å². The van der Waals surface area contributed by atoms with E-state index < -0.39 is 25.0 Å². The number of nitrogens with zero attached hydrogens (tertiary/aromatic N) is 2. The maximum absolute atomic E-state index is 12.5. The monoisotopic (exact) mass is 452 g/mol. The van der Waals surface area contributed by atoms with Gasteiger partial charge in [0.2, 0.25) is 0 Å². The van der Waals surface area contributed by atoms with Gasteiger partial charge in [-0.1, -0.05) is 6.42 Å². The summed E-state index contributed by atoms with van der Waals surface area (Å²) in [5, 5.41) is 10.7. The number of benzene rings is 2. The van der Waals surface area contributed by atoms with E-state index in [-0.39, 0.29) is 21.2 Å². The molecule has 30 heavy (non-hydrogen) atoms. The van der Waals surface area contributed by atoms with Crippen LogP contribution in [0.2, 0.25) is 0 Å². The second-order valence-electron chi connectivity index (χ2n) is 6.63. The van der Waals surface area contributed by atoms with E-state index in [0.717, 1.165) is 43.5 Å². The molecule has 2 aromatic carbocycles. The van der Waals surface area contributed by atoms with Gasteiger partial charge >= 0.3 is 0 Å². The first kappa shape index (κ1) is 21.7. The summed E-state index contributed by atoms with van der Waals surface area (Å²) in [7, 11) is -7.81. The van der Waals surface area contributed by atoms with Crippen molar-refractivity contribution in [2.75, 3.05) is 11.3 Å². The molecule has 0 amide bonds. The number of sulfonamides is 2. The molecule has 1 aliphatic heterocycles. The molecule has 0 fully saturated rings. The van der Waals surface area contributed by atoms with Crippen LogP contribution < -0.4 is 9.44 Å². The highest BCUT2D eigenvalue weighted by Crippen LogP contribution is 2.21. The molecule has 0 radical (unpaired) electrons. The van der Waals surface area contributed by atoms with E-state index in [1.807, 2.05) is 0 Å². The summed E-state index contributed by atoms with van der Waals surface area (Å²) in [5.74, 6) is 0.426. The molecule has 2 aromatic rings. The zero-order valence-corrected chi connectivity index (χ0v) is 17.4. The van der Waals surface area contributed by atoms with Crippen LogP contribution in [0.25, 0.3) is 0 Å². The van der Waals surface area contributed by atoms with Crippen molar-refractivity contribution in [2.24, 2.45) is 4.99 Å². The van der Waals surface area contributed by atoms with Crippen molar-refractivity contribution in [3.05, 3.63) is 58.6 Å². The predicted molar refractivity (Wildman–Crippen MR) is 111 cm³/mol. The van der Waals surface area contributed by atoms with E-state index in [2.05, 4.69) is 14.4 Å². The van der Waals surface area contributed by atoms with Crippen molar-refractivity contribution < 1.29 is 21.8 Å². The highest BCUT2D eigenvalue weighted by Gasteiger charge is 2.19. The van der Waals surface area contributed by atoms with Crippen LogP contribution in [0.4, 0.5) is 11.4 Å². The molecule has 0 atom stereocenters. The lowest BCUT2D eigenvalue weighted by Gasteiger charge is -2.11. The average molecular weight is 453 g/mol. The number of non-ortho nitro benzene ring substituents is 1. The maximum Gasteiger partial charge on any atom is 0.269 e. The molecule has 0 bridgehead atoms. The van der Waals surface area contributed by atoms with E-state index in [0.29, 0.717) is 18.8 Å². The number of nitro groups is 1. The lowest BCUT2D eigenvalue weighted by Crippen LogP contribution is -2.30. The molecule has 2 N–H and O–H groups in total. The second-order valence-corrected chi connectivity index (χ2v) is 9.99. The fourth-order valence-corrected chi connectivity index (χ4v) is 4.98. The molecule has 0 saturated heterocycles. The Labute approximate surface area is 174 Å². The molecule has 160 valence electrons. The first-order valence-electron chi connectivity index (χ1n) is 9.11. The first-order chi connectivity index (χ1) is 14.2. The zero-order valence-electron chi connectivity index (χ0n) is 15.8. The van der Waals surface area contributed by atoms with Gasteiger partial charge in [0.15, 0.2) is 0 Å². The zero-order chi connectivity index (χ0) is 21.8. The standard InChI is InChI=1S/C18H20N4O6S2/c23-22(24)15-7-11-17(12-8-15)29(25,26)20-14-5-9-16(10-6-14)30(27,28)21-18-4-2-1-3-13-19-18/h5-12,20H,1-4,13H2,(H,19,21). The Morgan fingerprint density at radius 2 is 1.37 bits per heavy atom. The highest BCUT2D eigenvalue weighted by molar-refractivity contribution is 7.92. The summed E-state index contributed by atoms with van der Waals surface area (Å²) in [4.78, 5) is 14.1. The van der Waals surface area contributed by atoms with Crippen LogP contribution in [0, 0.1) is 10.1 Å². The summed E-state index contributed by atoms with van der Waals surface area (Å²) < 4.78 is 54.7. The number of hydrogen-bond donors (Lipinski definition) is 2. The van der Waals surface area contributed by atoms with Crippen LogP contribution in [0.3, 0.4) is 0 Å². The largest absolute Gasteiger partial charge is 0.280 e. The molecule has 0 unspecified atom stereocenters. The number of hydrogen-bond acceptors (Lipinski definition) is 7. The third-order valence-electron chi connectivity index (χ3n) is 4.40. The quantitative estimate of drug-likeness (QED) is 0.508. The third kappa shape index (κ3) is 5.33. The van der Waals surface area contributed by atoms with Gasteiger partial charge in [-0.2, -0.15) is 0 Å². The summed E-state index contributed by atoms with van der Waals surface area (Å²) in [6.45, 7) is 0.585. The van der Waals surface area contributed by atoms with Crippen molar-refractivity contribution in [3.8, 4) is 0 Å². The molecule has 0 saturated carbocycles. The molecule has 10 nitrogen and oxygen atoms in total. The molecular formula is C18H20N4O6S2. The Morgan fingerprint density at radius 3 is 1.97 bits per heavy atom. The molecule has 12 heteroatoms. The van der Waals surface area contributed by atoms with E-state index in [4.69, 9.17) is 0 Å². The number of rotatable bonds is 6. The molecule has 3 rings (SSSR count). The molecule has 0 aliphatic carbocycles. The Kier molecular flexibility index (Phi) is 6.37. The van der Waals surface area contributed by atoms with Crippen molar-refractivity contribution >= 4 is 37.3 Å². The van der Waals surface area contributed by atoms with Crippen LogP contribution in [-0.2, 0) is 20.0 Å². The summed E-state index contributed by atoms with van der Waals surface area (Å²) in [6, 6.07) is 9.64. The first-order valence-corrected chi connectivity index (χ1v) is 12.1. The number of anilines is 1. The predicted octanol–water partition coefficient (Wildman–Crippen LogP) is 2.65. The lowest BCUT2D eigenvalue weighted by molar-refractivity contribution is -0.384. The van der Waals surface area contributed by atoms with E-state index in [1.165, 1.54) is 24.3 Å². The van der Waals surface area contributed by atoms with Gasteiger partial charge in [0, 0.05) is 30.8 Å². The lowest BCUT2D eigenvalue weighted by atomic mass is 10.2.